The highest BCUT2D eigenvalue weighted by Crippen LogP contribution is 2.34. The van der Waals surface area contributed by atoms with Crippen molar-refractivity contribution in [2.24, 2.45) is 0 Å². The molecule has 1 aliphatic carbocycles. The van der Waals surface area contributed by atoms with Crippen LogP contribution in [0.3, 0.4) is 0 Å². The van der Waals surface area contributed by atoms with Gasteiger partial charge in [-0.2, -0.15) is 0 Å². The monoisotopic (exact) mass is 235 g/mol. The Bertz CT molecular complexity index is 464. The van der Waals surface area contributed by atoms with Crippen molar-refractivity contribution < 1.29 is 19.8 Å². The van der Waals surface area contributed by atoms with E-state index in [-0.39, 0.29) is 11.3 Å². The molecule has 5 nitrogen and oxygen atoms in total. The summed E-state index contributed by atoms with van der Waals surface area (Å²) in [5.74, 6) is -2.22. The standard InChI is InChI=1S/C12H13NO4/c14-11(15)9-5-8(7-3-1-2-4-7)6-13-10(9)12(16)17/h5-7H,1-4H2,(H,14,15)(H,16,17). The lowest BCUT2D eigenvalue weighted by Crippen LogP contribution is -2.12. The van der Waals surface area contributed by atoms with Crippen LogP contribution in [-0.2, 0) is 0 Å². The first-order chi connectivity index (χ1) is 8.09. The lowest BCUT2D eigenvalue weighted by atomic mass is 9.97. The van der Waals surface area contributed by atoms with Gasteiger partial charge < -0.3 is 10.2 Å². The highest BCUT2D eigenvalue weighted by atomic mass is 16.4. The van der Waals surface area contributed by atoms with Gasteiger partial charge in [-0.1, -0.05) is 12.8 Å². The molecule has 0 aromatic carbocycles. The molecule has 0 spiro atoms. The van der Waals surface area contributed by atoms with Gasteiger partial charge in [0, 0.05) is 6.20 Å². The van der Waals surface area contributed by atoms with Crippen LogP contribution in [0, 0.1) is 0 Å². The topological polar surface area (TPSA) is 87.5 Å². The molecule has 0 bridgehead atoms. The minimum absolute atomic E-state index is 0.220. The van der Waals surface area contributed by atoms with Gasteiger partial charge in [0.25, 0.3) is 0 Å². The molecule has 1 heterocycles. The highest BCUT2D eigenvalue weighted by molar-refractivity contribution is 6.00. The summed E-state index contributed by atoms with van der Waals surface area (Å²) in [5.41, 5.74) is 0.228. The molecule has 0 unspecified atom stereocenters. The van der Waals surface area contributed by atoms with Crippen molar-refractivity contribution in [1.29, 1.82) is 0 Å². The van der Waals surface area contributed by atoms with Crippen LogP contribution in [0.4, 0.5) is 0 Å². The Kier molecular flexibility index (Phi) is 3.08. The number of carboxylic acid groups (broad SMARTS) is 2. The summed E-state index contributed by atoms with van der Waals surface area (Å²) in [4.78, 5) is 25.6. The fraction of sp³-hybridized carbons (Fsp3) is 0.417. The predicted molar refractivity (Wildman–Crippen MR) is 59.4 cm³/mol. The van der Waals surface area contributed by atoms with Crippen LogP contribution in [0.25, 0.3) is 0 Å². The maximum absolute atomic E-state index is 11.0. The molecule has 1 fully saturated rings. The third-order valence-electron chi connectivity index (χ3n) is 3.17. The molecule has 0 aliphatic heterocycles. The first-order valence-electron chi connectivity index (χ1n) is 5.56. The molecular formula is C12H13NO4. The molecule has 0 amide bonds. The van der Waals surface area contributed by atoms with E-state index in [1.165, 1.54) is 12.3 Å². The molecular weight excluding hydrogens is 222 g/mol. The Morgan fingerprint density at radius 1 is 1.18 bits per heavy atom. The lowest BCUT2D eigenvalue weighted by molar-refractivity contribution is 0.0646. The fourth-order valence-electron chi connectivity index (χ4n) is 2.30. The second-order valence-corrected chi connectivity index (χ2v) is 4.26. The SMILES string of the molecule is O=C(O)c1cc(C2CCCC2)cnc1C(=O)O. The number of aromatic carboxylic acids is 2. The second kappa shape index (κ2) is 4.53. The molecule has 0 radical (unpaired) electrons. The number of pyridine rings is 1. The van der Waals surface area contributed by atoms with Crippen LogP contribution in [0.1, 0.15) is 58.0 Å². The average Bonchev–Trinajstić information content (AvgIpc) is 2.81. The Labute approximate surface area is 98.1 Å². The number of nitrogens with zero attached hydrogens (tertiary/aromatic N) is 1. The van der Waals surface area contributed by atoms with E-state index in [1.54, 1.807) is 0 Å². The van der Waals surface area contributed by atoms with Crippen LogP contribution in [0.5, 0.6) is 0 Å². The van der Waals surface area contributed by atoms with Crippen LogP contribution in [0.2, 0.25) is 0 Å². The summed E-state index contributed by atoms with van der Waals surface area (Å²) >= 11 is 0. The van der Waals surface area contributed by atoms with Crippen molar-refractivity contribution >= 4 is 11.9 Å². The molecule has 5 heteroatoms. The zero-order valence-electron chi connectivity index (χ0n) is 9.22. The average molecular weight is 235 g/mol. The van der Waals surface area contributed by atoms with Crippen LogP contribution < -0.4 is 0 Å². The number of carboxylic acids is 2. The van der Waals surface area contributed by atoms with E-state index in [0.29, 0.717) is 5.92 Å². The molecule has 1 aromatic heterocycles. The van der Waals surface area contributed by atoms with Gasteiger partial charge in [-0.3, -0.25) is 0 Å². The van der Waals surface area contributed by atoms with E-state index in [2.05, 4.69) is 4.98 Å². The van der Waals surface area contributed by atoms with Crippen LogP contribution >= 0.6 is 0 Å². The molecule has 90 valence electrons. The maximum Gasteiger partial charge on any atom is 0.355 e. The van der Waals surface area contributed by atoms with E-state index >= 15 is 0 Å². The Balaban J connectivity index is 2.41. The zero-order valence-corrected chi connectivity index (χ0v) is 9.22. The summed E-state index contributed by atoms with van der Waals surface area (Å²) in [6, 6.07) is 1.45. The summed E-state index contributed by atoms with van der Waals surface area (Å²) in [6.07, 6.45) is 5.80. The van der Waals surface area contributed by atoms with E-state index in [0.717, 1.165) is 31.2 Å². The van der Waals surface area contributed by atoms with Crippen molar-refractivity contribution in [2.75, 3.05) is 0 Å². The van der Waals surface area contributed by atoms with Gasteiger partial charge in [0.05, 0.1) is 5.56 Å². The smallest absolute Gasteiger partial charge is 0.355 e. The van der Waals surface area contributed by atoms with Crippen molar-refractivity contribution in [2.45, 2.75) is 31.6 Å². The largest absolute Gasteiger partial charge is 0.478 e. The quantitative estimate of drug-likeness (QED) is 0.837. The molecule has 0 saturated heterocycles. The first kappa shape index (κ1) is 11.6. The molecule has 1 aliphatic rings. The molecule has 1 aromatic rings. The first-order valence-corrected chi connectivity index (χ1v) is 5.56. The number of hydrogen-bond acceptors (Lipinski definition) is 3. The number of hydrogen-bond donors (Lipinski definition) is 2. The van der Waals surface area contributed by atoms with Crippen molar-refractivity contribution in [3.8, 4) is 0 Å². The number of aromatic nitrogens is 1. The lowest BCUT2D eigenvalue weighted by Gasteiger charge is -2.10. The van der Waals surface area contributed by atoms with Gasteiger partial charge in [0.1, 0.15) is 0 Å². The Hall–Kier alpha value is -1.91. The van der Waals surface area contributed by atoms with E-state index in [4.69, 9.17) is 10.2 Å². The molecule has 17 heavy (non-hydrogen) atoms. The minimum atomic E-state index is -1.31. The Morgan fingerprint density at radius 2 is 1.82 bits per heavy atom. The van der Waals surface area contributed by atoms with Gasteiger partial charge in [-0.05, 0) is 30.4 Å². The highest BCUT2D eigenvalue weighted by Gasteiger charge is 2.22. The van der Waals surface area contributed by atoms with E-state index < -0.39 is 11.9 Å². The fourth-order valence-corrected chi connectivity index (χ4v) is 2.30. The van der Waals surface area contributed by atoms with Gasteiger partial charge in [-0.25, -0.2) is 14.6 Å². The van der Waals surface area contributed by atoms with Gasteiger partial charge in [0.15, 0.2) is 5.69 Å². The van der Waals surface area contributed by atoms with Crippen LogP contribution in [0.15, 0.2) is 12.3 Å². The summed E-state index contributed by atoms with van der Waals surface area (Å²) in [6.45, 7) is 0. The molecule has 2 N–H and O–H groups in total. The van der Waals surface area contributed by atoms with Gasteiger partial charge in [0.2, 0.25) is 0 Å². The summed E-state index contributed by atoms with van der Waals surface area (Å²) in [5, 5.41) is 17.8. The number of carbonyl (C=O) groups is 2. The summed E-state index contributed by atoms with van der Waals surface area (Å²) in [7, 11) is 0. The summed E-state index contributed by atoms with van der Waals surface area (Å²) < 4.78 is 0. The van der Waals surface area contributed by atoms with Crippen molar-refractivity contribution in [1.82, 2.24) is 4.98 Å². The maximum atomic E-state index is 11.0. The molecule has 2 rings (SSSR count). The van der Waals surface area contributed by atoms with Crippen LogP contribution in [-0.4, -0.2) is 27.1 Å². The minimum Gasteiger partial charge on any atom is -0.478 e. The van der Waals surface area contributed by atoms with Gasteiger partial charge in [-0.15, -0.1) is 0 Å². The number of rotatable bonds is 3. The zero-order chi connectivity index (χ0) is 12.4. The second-order valence-electron chi connectivity index (χ2n) is 4.26. The third-order valence-corrected chi connectivity index (χ3v) is 3.17. The van der Waals surface area contributed by atoms with E-state index in [9.17, 15) is 9.59 Å². The predicted octanol–water partition coefficient (Wildman–Crippen LogP) is 2.14. The van der Waals surface area contributed by atoms with Gasteiger partial charge >= 0.3 is 11.9 Å². The van der Waals surface area contributed by atoms with E-state index in [1.807, 2.05) is 0 Å². The molecule has 0 atom stereocenters. The van der Waals surface area contributed by atoms with Crippen molar-refractivity contribution in [3.63, 3.8) is 0 Å². The third kappa shape index (κ3) is 2.27. The normalized spacial score (nSPS) is 16.0. The van der Waals surface area contributed by atoms with Crippen molar-refractivity contribution in [3.05, 3.63) is 29.1 Å². The molecule has 1 saturated carbocycles. The Morgan fingerprint density at radius 3 is 2.35 bits per heavy atom.